The van der Waals surface area contributed by atoms with E-state index in [1.165, 1.54) is 83.1 Å². The van der Waals surface area contributed by atoms with Gasteiger partial charge in [0.05, 0.1) is 5.69 Å². The minimum absolute atomic E-state index is 1.10. The lowest BCUT2D eigenvalue weighted by Crippen LogP contribution is -2.11. The summed E-state index contributed by atoms with van der Waals surface area (Å²) in [7, 11) is 0. The van der Waals surface area contributed by atoms with Crippen LogP contribution in [0, 0.1) is 12.1 Å². The van der Waals surface area contributed by atoms with Crippen molar-refractivity contribution in [3.05, 3.63) is 200 Å². The fourth-order valence-corrected chi connectivity index (χ4v) is 8.60. The summed E-state index contributed by atoms with van der Waals surface area (Å²) in [6.45, 7) is 0. The van der Waals surface area contributed by atoms with Crippen LogP contribution in [0.1, 0.15) is 0 Å². The van der Waals surface area contributed by atoms with Crippen molar-refractivity contribution in [3.63, 3.8) is 0 Å². The molecule has 0 amide bonds. The summed E-state index contributed by atoms with van der Waals surface area (Å²) in [6, 6.07) is 75.3. The maximum atomic E-state index is 3.54. The molecule has 0 heterocycles. The molecule has 1 nitrogen and oxygen atoms in total. The molecular formula is C52H31N. The molecule has 9 aromatic rings. The predicted octanol–water partition coefficient (Wildman–Crippen LogP) is 14.2. The van der Waals surface area contributed by atoms with Crippen molar-refractivity contribution in [1.29, 1.82) is 0 Å². The molecule has 53 heavy (non-hydrogen) atoms. The smallest absolute Gasteiger partial charge is 0.0540 e. The fraction of sp³-hybridized carbons (Fsp3) is 0. The van der Waals surface area contributed by atoms with E-state index in [0.717, 1.165) is 22.6 Å². The first kappa shape index (κ1) is 29.6. The van der Waals surface area contributed by atoms with Crippen LogP contribution < -0.4 is 4.90 Å². The second-order valence-corrected chi connectivity index (χ2v) is 13.9. The Morgan fingerprint density at radius 3 is 1.83 bits per heavy atom. The second kappa shape index (κ2) is 11.7. The van der Waals surface area contributed by atoms with E-state index in [1.807, 2.05) is 0 Å². The maximum Gasteiger partial charge on any atom is 0.0540 e. The summed E-state index contributed by atoms with van der Waals surface area (Å²) < 4.78 is 0. The Balaban J connectivity index is 1.04. The molecule has 6 bridgehead atoms. The summed E-state index contributed by atoms with van der Waals surface area (Å²) in [4.78, 5) is 2.37. The molecule has 11 rings (SSSR count). The number of nitrogens with zero attached hydrogens (tertiary/aromatic N) is 1. The van der Waals surface area contributed by atoms with Gasteiger partial charge in [0.1, 0.15) is 0 Å². The molecule has 244 valence electrons. The van der Waals surface area contributed by atoms with Crippen LogP contribution in [-0.2, 0) is 0 Å². The summed E-state index contributed by atoms with van der Waals surface area (Å²) in [6.07, 6.45) is 0. The van der Waals surface area contributed by atoms with Gasteiger partial charge in [0, 0.05) is 28.1 Å². The van der Waals surface area contributed by atoms with Crippen LogP contribution in [0.2, 0.25) is 0 Å². The Labute approximate surface area is 309 Å². The van der Waals surface area contributed by atoms with Crippen molar-refractivity contribution in [2.45, 2.75) is 0 Å². The standard InChI is InChI=1S/C52H31N/c1-2-14-39(15-3-1)53(50-23-9-8-16-41(50)38-25-24-34-12-4-5-13-36(34)32-38)40-29-26-35(27-30-40)37-28-31-43-46-20-11-21-47-48-22-10-19-45(52(48)49(43)33-37)42-17-6-7-18-44(42)51(46)47/h1-9,11-18,20-33H. The first-order valence-electron chi connectivity index (χ1n) is 18.2. The van der Waals surface area contributed by atoms with Crippen LogP contribution >= 0.6 is 0 Å². The summed E-state index contributed by atoms with van der Waals surface area (Å²) in [5.41, 5.74) is 20.5. The third kappa shape index (κ3) is 4.60. The molecule has 1 heteroatoms. The van der Waals surface area contributed by atoms with Crippen LogP contribution in [0.3, 0.4) is 0 Å². The molecule has 0 radical (unpaired) electrons. The zero-order valence-electron chi connectivity index (χ0n) is 28.8. The Kier molecular flexibility index (Phi) is 6.53. The minimum atomic E-state index is 1.10. The van der Waals surface area contributed by atoms with Gasteiger partial charge in [-0.1, -0.05) is 152 Å². The van der Waals surface area contributed by atoms with Gasteiger partial charge in [-0.3, -0.25) is 0 Å². The van der Waals surface area contributed by atoms with Crippen molar-refractivity contribution in [2.24, 2.45) is 0 Å². The third-order valence-electron chi connectivity index (χ3n) is 11.0. The van der Waals surface area contributed by atoms with Crippen molar-refractivity contribution in [3.8, 4) is 77.9 Å². The number of hydrogen-bond donors (Lipinski definition) is 0. The fourth-order valence-electron chi connectivity index (χ4n) is 8.60. The normalized spacial score (nSPS) is 11.6. The minimum Gasteiger partial charge on any atom is -0.310 e. The zero-order valence-corrected chi connectivity index (χ0v) is 28.8. The predicted molar refractivity (Wildman–Crippen MR) is 221 cm³/mol. The van der Waals surface area contributed by atoms with Gasteiger partial charge in [0.2, 0.25) is 0 Å². The summed E-state index contributed by atoms with van der Waals surface area (Å²) >= 11 is 0. The zero-order chi connectivity index (χ0) is 34.9. The summed E-state index contributed by atoms with van der Waals surface area (Å²) in [5, 5.41) is 2.48. The number of anilines is 3. The highest BCUT2D eigenvalue weighted by atomic mass is 15.1. The average Bonchev–Trinajstić information content (AvgIpc) is 3.34. The molecule has 2 aliphatic rings. The Morgan fingerprint density at radius 2 is 0.981 bits per heavy atom. The monoisotopic (exact) mass is 669 g/mol. The molecule has 0 unspecified atom stereocenters. The lowest BCUT2D eigenvalue weighted by Gasteiger charge is -2.28. The first-order valence-corrected chi connectivity index (χ1v) is 18.2. The Bertz CT molecular complexity index is 2860. The van der Waals surface area contributed by atoms with E-state index in [2.05, 4.69) is 205 Å². The third-order valence-corrected chi connectivity index (χ3v) is 11.0. The SMILES string of the molecule is c1cc2c3c(c#1)-c1ccccc1-c1c(cccc1-2)-c1ccc(-c2ccc(N(c4ccccc4)c4ccccc4-c4ccc5ccccc5c4)cc2)cc1-3. The van der Waals surface area contributed by atoms with Gasteiger partial charge in [0.15, 0.2) is 0 Å². The lowest BCUT2D eigenvalue weighted by molar-refractivity contribution is 1.28. The van der Waals surface area contributed by atoms with Crippen molar-refractivity contribution in [2.75, 3.05) is 4.90 Å². The van der Waals surface area contributed by atoms with Gasteiger partial charge in [-0.05, 0) is 121 Å². The highest BCUT2D eigenvalue weighted by Crippen LogP contribution is 2.56. The number of hydrogen-bond acceptors (Lipinski definition) is 1. The van der Waals surface area contributed by atoms with E-state index < -0.39 is 0 Å². The molecule has 0 saturated carbocycles. The molecule has 0 aliphatic heterocycles. The number of fused-ring (bicyclic) bond motifs is 5. The number of benzene rings is 8. The van der Waals surface area contributed by atoms with Crippen molar-refractivity contribution >= 4 is 27.8 Å². The maximum absolute atomic E-state index is 3.54. The molecule has 0 atom stereocenters. The molecule has 0 saturated heterocycles. The van der Waals surface area contributed by atoms with E-state index >= 15 is 0 Å². The molecule has 2 aliphatic carbocycles. The van der Waals surface area contributed by atoms with Crippen LogP contribution in [0.15, 0.2) is 188 Å². The largest absolute Gasteiger partial charge is 0.310 e. The summed E-state index contributed by atoms with van der Waals surface area (Å²) in [5.74, 6) is 0. The molecule has 0 spiro atoms. The Hall–Kier alpha value is -7.14. The Morgan fingerprint density at radius 1 is 0.340 bits per heavy atom. The average molecular weight is 670 g/mol. The van der Waals surface area contributed by atoms with Crippen molar-refractivity contribution in [1.82, 2.24) is 0 Å². The quantitative estimate of drug-likeness (QED) is 0.176. The molecule has 0 aromatic heterocycles. The van der Waals surface area contributed by atoms with Gasteiger partial charge in [-0.15, -0.1) is 0 Å². The van der Waals surface area contributed by atoms with E-state index in [-0.39, 0.29) is 0 Å². The van der Waals surface area contributed by atoms with Crippen LogP contribution in [0.25, 0.3) is 88.7 Å². The molecular weight excluding hydrogens is 639 g/mol. The van der Waals surface area contributed by atoms with Gasteiger partial charge in [0.25, 0.3) is 0 Å². The highest BCUT2D eigenvalue weighted by Gasteiger charge is 2.30. The van der Waals surface area contributed by atoms with E-state index in [9.17, 15) is 0 Å². The number of rotatable bonds is 5. The second-order valence-electron chi connectivity index (χ2n) is 13.9. The van der Waals surface area contributed by atoms with Gasteiger partial charge < -0.3 is 4.90 Å². The van der Waals surface area contributed by atoms with E-state index in [4.69, 9.17) is 0 Å². The van der Waals surface area contributed by atoms with Gasteiger partial charge >= 0.3 is 0 Å². The topological polar surface area (TPSA) is 3.24 Å². The van der Waals surface area contributed by atoms with E-state index in [1.54, 1.807) is 0 Å². The van der Waals surface area contributed by atoms with E-state index in [0.29, 0.717) is 0 Å². The van der Waals surface area contributed by atoms with Crippen LogP contribution in [0.5, 0.6) is 0 Å². The lowest BCUT2D eigenvalue weighted by atomic mass is 9.83. The molecule has 0 fully saturated rings. The highest BCUT2D eigenvalue weighted by molar-refractivity contribution is 6.14. The first-order chi connectivity index (χ1) is 26.3. The van der Waals surface area contributed by atoms with Crippen LogP contribution in [0.4, 0.5) is 17.1 Å². The van der Waals surface area contributed by atoms with Gasteiger partial charge in [-0.25, -0.2) is 0 Å². The molecule has 9 aromatic carbocycles. The number of para-hydroxylation sites is 2. The molecule has 0 N–H and O–H groups in total. The van der Waals surface area contributed by atoms with Crippen molar-refractivity contribution < 1.29 is 0 Å². The van der Waals surface area contributed by atoms with Crippen LogP contribution in [-0.4, -0.2) is 0 Å². The van der Waals surface area contributed by atoms with Gasteiger partial charge in [-0.2, -0.15) is 0 Å².